The Balaban J connectivity index is 1.70. The molecule has 0 saturated carbocycles. The molecule has 4 rings (SSSR count). The summed E-state index contributed by atoms with van der Waals surface area (Å²) in [4.78, 5) is 23.8. The number of rotatable bonds is 5. The first-order chi connectivity index (χ1) is 14.6. The predicted molar refractivity (Wildman–Crippen MR) is 112 cm³/mol. The van der Waals surface area contributed by atoms with Gasteiger partial charge in [0, 0.05) is 25.9 Å². The van der Waals surface area contributed by atoms with Crippen molar-refractivity contribution in [3.05, 3.63) is 54.1 Å². The monoisotopic (exact) mass is 407 g/mol. The summed E-state index contributed by atoms with van der Waals surface area (Å²) in [5, 5.41) is 4.63. The molecule has 4 heterocycles. The number of nitrogens with zero attached hydrogens (tertiary/aromatic N) is 5. The Hall–Kier alpha value is -3.26. The van der Waals surface area contributed by atoms with E-state index in [1.165, 1.54) is 0 Å². The van der Waals surface area contributed by atoms with Crippen molar-refractivity contribution >= 4 is 5.91 Å². The number of ether oxygens (including phenoxy) is 2. The van der Waals surface area contributed by atoms with Gasteiger partial charge in [-0.1, -0.05) is 0 Å². The van der Waals surface area contributed by atoms with Gasteiger partial charge in [-0.05, 0) is 50.1 Å². The summed E-state index contributed by atoms with van der Waals surface area (Å²) >= 11 is 0. The van der Waals surface area contributed by atoms with Crippen molar-refractivity contribution in [1.29, 1.82) is 0 Å². The zero-order chi connectivity index (χ0) is 21.1. The van der Waals surface area contributed by atoms with Gasteiger partial charge in [0.25, 0.3) is 5.91 Å². The molecule has 0 atom stereocenters. The highest BCUT2D eigenvalue weighted by Crippen LogP contribution is 2.25. The molecule has 1 fully saturated rings. The van der Waals surface area contributed by atoms with E-state index in [0.29, 0.717) is 30.2 Å². The fourth-order valence-electron chi connectivity index (χ4n) is 3.56. The minimum absolute atomic E-state index is 0.0851. The molecule has 8 nitrogen and oxygen atoms in total. The molecule has 0 bridgehead atoms. The number of aryl methyl sites for hydroxylation is 1. The maximum atomic E-state index is 13.1. The average molecular weight is 407 g/mol. The van der Waals surface area contributed by atoms with Crippen LogP contribution in [-0.4, -0.2) is 64.0 Å². The third-order valence-electron chi connectivity index (χ3n) is 5.37. The number of amides is 1. The van der Waals surface area contributed by atoms with E-state index in [9.17, 15) is 4.79 Å². The summed E-state index contributed by atoms with van der Waals surface area (Å²) in [5.74, 6) is 0.581. The first kappa shape index (κ1) is 20.0. The predicted octanol–water partition coefficient (Wildman–Crippen LogP) is 2.90. The van der Waals surface area contributed by atoms with Crippen molar-refractivity contribution in [2.75, 3.05) is 27.3 Å². The second-order valence-electron chi connectivity index (χ2n) is 7.29. The lowest BCUT2D eigenvalue weighted by Crippen LogP contribution is -2.40. The maximum absolute atomic E-state index is 13.1. The van der Waals surface area contributed by atoms with E-state index in [0.717, 1.165) is 29.9 Å². The standard InChI is InChI=1S/C22H25N5O3/c1-15-4-5-16(13-23-15)27-21(19-7-6-18(30-3)14-24-19)12-20(25-27)22(28)26-10-8-17(29-2)9-11-26/h4-7,12-14,17H,8-11H2,1-3H3. The molecular formula is C22H25N5O3. The fourth-order valence-corrected chi connectivity index (χ4v) is 3.56. The lowest BCUT2D eigenvalue weighted by molar-refractivity contribution is 0.0347. The van der Waals surface area contributed by atoms with Crippen molar-refractivity contribution in [2.45, 2.75) is 25.9 Å². The molecular weight excluding hydrogens is 382 g/mol. The zero-order valence-corrected chi connectivity index (χ0v) is 17.4. The number of likely N-dealkylation sites (tertiary alicyclic amines) is 1. The second kappa shape index (κ2) is 8.62. The molecule has 1 aliphatic heterocycles. The van der Waals surface area contributed by atoms with E-state index in [2.05, 4.69) is 15.1 Å². The minimum Gasteiger partial charge on any atom is -0.495 e. The zero-order valence-electron chi connectivity index (χ0n) is 17.4. The number of methoxy groups -OCH3 is 2. The van der Waals surface area contributed by atoms with Crippen LogP contribution < -0.4 is 4.74 Å². The van der Waals surface area contributed by atoms with Gasteiger partial charge in [0.2, 0.25) is 0 Å². The second-order valence-corrected chi connectivity index (χ2v) is 7.29. The number of pyridine rings is 2. The summed E-state index contributed by atoms with van der Waals surface area (Å²) in [6.07, 6.45) is 5.27. The molecule has 0 N–H and O–H groups in total. The first-order valence-electron chi connectivity index (χ1n) is 9.94. The third-order valence-corrected chi connectivity index (χ3v) is 5.37. The number of piperidine rings is 1. The molecule has 1 saturated heterocycles. The molecule has 1 aliphatic rings. The number of carbonyl (C=O) groups is 1. The number of hydrogen-bond donors (Lipinski definition) is 0. The highest BCUT2D eigenvalue weighted by atomic mass is 16.5. The summed E-state index contributed by atoms with van der Waals surface area (Å²) in [7, 11) is 3.32. The summed E-state index contributed by atoms with van der Waals surface area (Å²) < 4.78 is 12.3. The Bertz CT molecular complexity index is 1010. The molecule has 0 aliphatic carbocycles. The molecule has 0 radical (unpaired) electrons. The van der Waals surface area contributed by atoms with Crippen LogP contribution in [0.4, 0.5) is 0 Å². The SMILES string of the molecule is COc1ccc(-c2cc(C(=O)N3CCC(OC)CC3)nn2-c2ccc(C)nc2)nc1. The Morgan fingerprint density at radius 1 is 1.07 bits per heavy atom. The van der Waals surface area contributed by atoms with Crippen molar-refractivity contribution in [3.63, 3.8) is 0 Å². The van der Waals surface area contributed by atoms with Crippen LogP contribution in [0.5, 0.6) is 5.75 Å². The number of hydrogen-bond acceptors (Lipinski definition) is 6. The Kier molecular flexibility index (Phi) is 5.76. The van der Waals surface area contributed by atoms with E-state index in [-0.39, 0.29) is 12.0 Å². The summed E-state index contributed by atoms with van der Waals surface area (Å²) in [5.41, 5.74) is 3.48. The Morgan fingerprint density at radius 3 is 2.47 bits per heavy atom. The highest BCUT2D eigenvalue weighted by molar-refractivity contribution is 5.93. The topological polar surface area (TPSA) is 82.4 Å². The van der Waals surface area contributed by atoms with Crippen molar-refractivity contribution in [1.82, 2.24) is 24.6 Å². The maximum Gasteiger partial charge on any atom is 0.274 e. The van der Waals surface area contributed by atoms with Gasteiger partial charge in [0.15, 0.2) is 5.69 Å². The van der Waals surface area contributed by atoms with Crippen molar-refractivity contribution in [3.8, 4) is 22.8 Å². The van der Waals surface area contributed by atoms with Crippen LogP contribution in [-0.2, 0) is 4.74 Å². The molecule has 3 aromatic heterocycles. The third kappa shape index (κ3) is 4.04. The molecule has 30 heavy (non-hydrogen) atoms. The largest absolute Gasteiger partial charge is 0.495 e. The van der Waals surface area contributed by atoms with Gasteiger partial charge in [-0.3, -0.25) is 14.8 Å². The van der Waals surface area contributed by atoms with Gasteiger partial charge in [0.05, 0.1) is 42.7 Å². The van der Waals surface area contributed by atoms with Crippen LogP contribution in [0.2, 0.25) is 0 Å². The molecule has 0 spiro atoms. The van der Waals surface area contributed by atoms with E-state index >= 15 is 0 Å². The molecule has 8 heteroatoms. The summed E-state index contributed by atoms with van der Waals surface area (Å²) in [6, 6.07) is 9.33. The van der Waals surface area contributed by atoms with Crippen LogP contribution in [0.15, 0.2) is 42.7 Å². The Morgan fingerprint density at radius 2 is 1.87 bits per heavy atom. The van der Waals surface area contributed by atoms with Crippen LogP contribution >= 0.6 is 0 Å². The molecule has 0 aromatic carbocycles. The van der Waals surface area contributed by atoms with E-state index in [1.807, 2.05) is 36.1 Å². The van der Waals surface area contributed by atoms with Gasteiger partial charge >= 0.3 is 0 Å². The average Bonchev–Trinajstić information content (AvgIpc) is 3.24. The van der Waals surface area contributed by atoms with Gasteiger partial charge < -0.3 is 14.4 Å². The van der Waals surface area contributed by atoms with Crippen LogP contribution in [0.3, 0.4) is 0 Å². The van der Waals surface area contributed by atoms with Crippen molar-refractivity contribution < 1.29 is 14.3 Å². The number of carbonyl (C=O) groups excluding carboxylic acids is 1. The van der Waals surface area contributed by atoms with E-state index in [1.54, 1.807) is 37.4 Å². The molecule has 3 aromatic rings. The Labute approximate surface area is 175 Å². The fraction of sp³-hybridized carbons (Fsp3) is 0.364. The van der Waals surface area contributed by atoms with Gasteiger partial charge in [-0.2, -0.15) is 5.10 Å². The quantitative estimate of drug-likeness (QED) is 0.647. The smallest absolute Gasteiger partial charge is 0.274 e. The minimum atomic E-state index is -0.0851. The van der Waals surface area contributed by atoms with E-state index in [4.69, 9.17) is 9.47 Å². The van der Waals surface area contributed by atoms with Crippen molar-refractivity contribution in [2.24, 2.45) is 0 Å². The van der Waals surface area contributed by atoms with Crippen LogP contribution in [0, 0.1) is 6.92 Å². The van der Waals surface area contributed by atoms with Crippen LogP contribution in [0.25, 0.3) is 17.1 Å². The lowest BCUT2D eigenvalue weighted by atomic mass is 10.1. The van der Waals surface area contributed by atoms with E-state index < -0.39 is 0 Å². The van der Waals surface area contributed by atoms with Crippen LogP contribution in [0.1, 0.15) is 29.0 Å². The number of aromatic nitrogens is 4. The lowest BCUT2D eigenvalue weighted by Gasteiger charge is -2.30. The molecule has 156 valence electrons. The highest BCUT2D eigenvalue weighted by Gasteiger charge is 2.26. The molecule has 1 amide bonds. The first-order valence-corrected chi connectivity index (χ1v) is 9.94. The molecule has 0 unspecified atom stereocenters. The van der Waals surface area contributed by atoms with Gasteiger partial charge in [-0.25, -0.2) is 4.68 Å². The van der Waals surface area contributed by atoms with Gasteiger partial charge in [0.1, 0.15) is 5.75 Å². The van der Waals surface area contributed by atoms with Gasteiger partial charge in [-0.15, -0.1) is 0 Å². The summed E-state index contributed by atoms with van der Waals surface area (Å²) in [6.45, 7) is 3.25. The normalized spacial score (nSPS) is 14.7.